The first-order valence-corrected chi connectivity index (χ1v) is 20.0. The van der Waals surface area contributed by atoms with E-state index in [-0.39, 0.29) is 14.5 Å². The molecular weight excluding hydrogens is 704 g/mol. The summed E-state index contributed by atoms with van der Waals surface area (Å²) in [5.41, 5.74) is 10.4. The van der Waals surface area contributed by atoms with Crippen molar-refractivity contribution >= 4 is 76.9 Å². The fraction of sp³-hybridized carbons (Fsp3) is 0. The average molecular weight is 736 g/mol. The normalized spacial score (nSPS) is 11.8. The van der Waals surface area contributed by atoms with Crippen molar-refractivity contribution in [1.29, 1.82) is 0 Å². The molecule has 1 heterocycles. The molecular formula is C52H32Se. The monoisotopic (exact) mass is 736 g/mol. The molecule has 0 fully saturated rings. The van der Waals surface area contributed by atoms with Crippen LogP contribution >= 0.6 is 0 Å². The number of fused-ring (bicyclic) bond motifs is 7. The molecule has 11 rings (SSSR count). The number of hydrogen-bond donors (Lipinski definition) is 0. The van der Waals surface area contributed by atoms with Crippen molar-refractivity contribution in [2.45, 2.75) is 0 Å². The minimum atomic E-state index is 0.132. The molecule has 0 saturated carbocycles. The van der Waals surface area contributed by atoms with Crippen LogP contribution in [0.25, 0.3) is 107 Å². The van der Waals surface area contributed by atoms with Crippen LogP contribution in [0.1, 0.15) is 0 Å². The summed E-state index contributed by atoms with van der Waals surface area (Å²) in [5, 5.41) is 13.1. The second kappa shape index (κ2) is 12.2. The maximum absolute atomic E-state index is 2.50. The van der Waals surface area contributed by atoms with Crippen LogP contribution in [0.5, 0.6) is 0 Å². The van der Waals surface area contributed by atoms with E-state index in [1.807, 2.05) is 0 Å². The van der Waals surface area contributed by atoms with Gasteiger partial charge in [-0.1, -0.05) is 0 Å². The third kappa shape index (κ3) is 4.69. The van der Waals surface area contributed by atoms with E-state index in [0.717, 1.165) is 0 Å². The SMILES string of the molecule is c1ccc(-c2c3ccccc3c(-c3ccc4c(c3)[se]c3c(-c5c6ccccc6c(-c6ccccc6)c6ccccc56)cccc34)c3ccccc23)cc1. The van der Waals surface area contributed by atoms with Gasteiger partial charge in [0.25, 0.3) is 0 Å². The van der Waals surface area contributed by atoms with Crippen LogP contribution in [0.2, 0.25) is 0 Å². The summed E-state index contributed by atoms with van der Waals surface area (Å²) in [6, 6.07) is 72.0. The van der Waals surface area contributed by atoms with Gasteiger partial charge < -0.3 is 0 Å². The van der Waals surface area contributed by atoms with Gasteiger partial charge in [-0.15, -0.1) is 0 Å². The van der Waals surface area contributed by atoms with E-state index >= 15 is 0 Å². The molecule has 0 aliphatic rings. The third-order valence-corrected chi connectivity index (χ3v) is 13.6. The van der Waals surface area contributed by atoms with Crippen molar-refractivity contribution in [3.63, 3.8) is 0 Å². The zero-order chi connectivity index (χ0) is 34.9. The van der Waals surface area contributed by atoms with E-state index in [2.05, 4.69) is 194 Å². The molecule has 0 N–H and O–H groups in total. The Hall–Kier alpha value is -6.24. The van der Waals surface area contributed by atoms with Gasteiger partial charge in [-0.25, -0.2) is 0 Å². The Morgan fingerprint density at radius 2 is 0.623 bits per heavy atom. The van der Waals surface area contributed by atoms with Gasteiger partial charge in [-0.3, -0.25) is 0 Å². The predicted octanol–water partition coefficient (Wildman–Crippen LogP) is 14.3. The summed E-state index contributed by atoms with van der Waals surface area (Å²) >= 11 is 0.132. The molecule has 1 aromatic heterocycles. The maximum atomic E-state index is 2.50. The first-order chi connectivity index (χ1) is 26.3. The molecule has 53 heavy (non-hydrogen) atoms. The fourth-order valence-corrected chi connectivity index (χ4v) is 11.5. The Kier molecular flexibility index (Phi) is 6.98. The molecule has 1 heteroatoms. The van der Waals surface area contributed by atoms with E-state index in [0.29, 0.717) is 0 Å². The molecule has 10 aromatic carbocycles. The molecule has 0 bridgehead atoms. The summed E-state index contributed by atoms with van der Waals surface area (Å²) in [6.07, 6.45) is 0. The van der Waals surface area contributed by atoms with Crippen LogP contribution in [0, 0.1) is 0 Å². The van der Waals surface area contributed by atoms with Crippen LogP contribution in [-0.4, -0.2) is 14.5 Å². The van der Waals surface area contributed by atoms with Crippen molar-refractivity contribution in [3.05, 3.63) is 194 Å². The Morgan fingerprint density at radius 1 is 0.245 bits per heavy atom. The van der Waals surface area contributed by atoms with Gasteiger partial charge in [0.15, 0.2) is 0 Å². The molecule has 11 aromatic rings. The number of hydrogen-bond acceptors (Lipinski definition) is 0. The first kappa shape index (κ1) is 30.4. The van der Waals surface area contributed by atoms with Gasteiger partial charge in [0.05, 0.1) is 0 Å². The summed E-state index contributed by atoms with van der Waals surface area (Å²) in [6.45, 7) is 0. The number of benzene rings is 10. The van der Waals surface area contributed by atoms with Crippen molar-refractivity contribution < 1.29 is 0 Å². The molecule has 0 saturated heterocycles. The molecule has 0 unspecified atom stereocenters. The number of rotatable bonds is 4. The fourth-order valence-electron chi connectivity index (χ4n) is 8.84. The molecule has 0 aliphatic heterocycles. The third-order valence-electron chi connectivity index (χ3n) is 11.0. The topological polar surface area (TPSA) is 0 Å². The van der Waals surface area contributed by atoms with Gasteiger partial charge >= 0.3 is 316 Å². The standard InChI is InChI=1S/C52H32Se/c1-3-16-33(17-4-1)48-37-20-7-9-22-39(37)50(40-23-10-8-21-38(40)48)35-30-31-36-45-28-15-29-46(52(45)53-47(36)32-35)51-43-26-13-11-24-41(43)49(34-18-5-2-6-19-34)42-25-12-14-27-44(42)51/h1-32H. The van der Waals surface area contributed by atoms with Crippen LogP contribution in [0.15, 0.2) is 194 Å². The van der Waals surface area contributed by atoms with Crippen LogP contribution < -0.4 is 0 Å². The molecule has 246 valence electrons. The Balaban J connectivity index is 1.18. The van der Waals surface area contributed by atoms with E-state index in [4.69, 9.17) is 0 Å². The Labute approximate surface area is 314 Å². The molecule has 0 nitrogen and oxygen atoms in total. The van der Waals surface area contributed by atoms with Crippen molar-refractivity contribution in [2.24, 2.45) is 0 Å². The van der Waals surface area contributed by atoms with E-state index < -0.39 is 0 Å². The quantitative estimate of drug-likeness (QED) is 0.125. The van der Waals surface area contributed by atoms with E-state index in [1.165, 1.54) is 107 Å². The van der Waals surface area contributed by atoms with Gasteiger partial charge in [0.1, 0.15) is 0 Å². The zero-order valence-corrected chi connectivity index (χ0v) is 30.6. The van der Waals surface area contributed by atoms with E-state index in [9.17, 15) is 0 Å². The predicted molar refractivity (Wildman–Crippen MR) is 230 cm³/mol. The summed E-state index contributed by atoms with van der Waals surface area (Å²) in [4.78, 5) is 0. The second-order valence-corrected chi connectivity index (χ2v) is 16.1. The average Bonchev–Trinajstić information content (AvgIpc) is 3.61. The van der Waals surface area contributed by atoms with Crippen LogP contribution in [-0.2, 0) is 0 Å². The molecule has 0 amide bonds. The summed E-state index contributed by atoms with van der Waals surface area (Å²) in [5.74, 6) is 0. The molecule has 0 spiro atoms. The van der Waals surface area contributed by atoms with Gasteiger partial charge in [-0.05, 0) is 0 Å². The van der Waals surface area contributed by atoms with Gasteiger partial charge in [0.2, 0.25) is 0 Å². The van der Waals surface area contributed by atoms with Gasteiger partial charge in [-0.2, -0.15) is 0 Å². The second-order valence-electron chi connectivity index (χ2n) is 13.9. The van der Waals surface area contributed by atoms with E-state index in [1.54, 1.807) is 0 Å². The Morgan fingerprint density at radius 3 is 1.08 bits per heavy atom. The molecule has 0 atom stereocenters. The summed E-state index contributed by atoms with van der Waals surface area (Å²) < 4.78 is 2.93. The van der Waals surface area contributed by atoms with Crippen molar-refractivity contribution in [2.75, 3.05) is 0 Å². The zero-order valence-electron chi connectivity index (χ0n) is 28.9. The molecule has 0 radical (unpaired) electrons. The Bertz CT molecular complexity index is 3090. The summed E-state index contributed by atoms with van der Waals surface area (Å²) in [7, 11) is 0. The van der Waals surface area contributed by atoms with Crippen LogP contribution in [0.3, 0.4) is 0 Å². The van der Waals surface area contributed by atoms with Crippen LogP contribution in [0.4, 0.5) is 0 Å². The van der Waals surface area contributed by atoms with Gasteiger partial charge in [0, 0.05) is 0 Å². The molecule has 0 aliphatic carbocycles. The first-order valence-electron chi connectivity index (χ1n) is 18.3. The van der Waals surface area contributed by atoms with Crippen molar-refractivity contribution in [3.8, 4) is 44.5 Å². The minimum absolute atomic E-state index is 0.132. The van der Waals surface area contributed by atoms with Crippen molar-refractivity contribution in [1.82, 2.24) is 0 Å².